The van der Waals surface area contributed by atoms with Gasteiger partial charge in [0.05, 0.1) is 0 Å². The Morgan fingerprint density at radius 2 is 1.32 bits per heavy atom. The molecule has 2 aliphatic heterocycles. The average Bonchev–Trinajstić information content (AvgIpc) is 3.26. The second-order valence-corrected chi connectivity index (χ2v) is 5.87. The standard InChI is InChI=1S/C11H14N2O6/c14-8(15)10(12-18-10)6-4-1-2-5(3-4)7(6)11(9(16)17)13-19-11/h4-7,12-13H,1-3H2,(H,14,15)(H,16,17). The molecule has 0 aromatic rings. The maximum absolute atomic E-state index is 11.4. The predicted octanol–water partition coefficient (Wildman–Crippen LogP) is -0.720. The van der Waals surface area contributed by atoms with Gasteiger partial charge in [0.25, 0.3) is 11.4 Å². The molecule has 19 heavy (non-hydrogen) atoms. The lowest BCUT2D eigenvalue weighted by molar-refractivity contribution is -0.154. The van der Waals surface area contributed by atoms with E-state index >= 15 is 0 Å². The number of rotatable bonds is 4. The van der Waals surface area contributed by atoms with Crippen molar-refractivity contribution >= 4 is 11.9 Å². The third kappa shape index (κ3) is 1.27. The van der Waals surface area contributed by atoms with Gasteiger partial charge in [0.2, 0.25) is 0 Å². The number of nitrogens with one attached hydrogen (secondary N) is 2. The number of hydrogen-bond acceptors (Lipinski definition) is 6. The summed E-state index contributed by atoms with van der Waals surface area (Å²) in [5.74, 6) is -2.59. The monoisotopic (exact) mass is 270 g/mol. The maximum Gasteiger partial charge on any atom is 0.355 e. The second kappa shape index (κ2) is 3.26. The zero-order valence-electron chi connectivity index (χ0n) is 9.96. The number of carboxylic acids is 2. The molecular formula is C11H14N2O6. The summed E-state index contributed by atoms with van der Waals surface area (Å²) in [5.41, 5.74) is 2.07. The quantitative estimate of drug-likeness (QED) is 0.490. The fraction of sp³-hybridized carbons (Fsp3) is 0.818. The zero-order chi connectivity index (χ0) is 13.4. The molecule has 0 spiro atoms. The fourth-order valence-electron chi connectivity index (χ4n) is 4.30. The lowest BCUT2D eigenvalue weighted by Gasteiger charge is -2.33. The van der Waals surface area contributed by atoms with E-state index in [1.54, 1.807) is 0 Å². The van der Waals surface area contributed by atoms with Crippen LogP contribution in [0.1, 0.15) is 19.3 Å². The van der Waals surface area contributed by atoms with Crippen LogP contribution < -0.4 is 11.0 Å². The molecule has 8 heteroatoms. The van der Waals surface area contributed by atoms with Gasteiger partial charge in [-0.2, -0.15) is 11.0 Å². The highest BCUT2D eigenvalue weighted by molar-refractivity contribution is 5.82. The number of carbonyl (C=O) groups is 2. The first kappa shape index (κ1) is 11.6. The molecule has 2 heterocycles. The van der Waals surface area contributed by atoms with Crippen molar-refractivity contribution in [3.63, 3.8) is 0 Å². The van der Waals surface area contributed by atoms with Crippen LogP contribution in [0.15, 0.2) is 0 Å². The van der Waals surface area contributed by atoms with Gasteiger partial charge in [0.15, 0.2) is 0 Å². The minimum absolute atomic E-state index is 0.170. The largest absolute Gasteiger partial charge is 0.478 e. The summed E-state index contributed by atoms with van der Waals surface area (Å²) in [7, 11) is 0. The summed E-state index contributed by atoms with van der Waals surface area (Å²) in [6.45, 7) is 0. The van der Waals surface area contributed by atoms with Crippen molar-refractivity contribution in [2.75, 3.05) is 0 Å². The van der Waals surface area contributed by atoms with Crippen molar-refractivity contribution < 1.29 is 29.5 Å². The Balaban J connectivity index is 1.73. The number of aliphatic carboxylic acids is 2. The van der Waals surface area contributed by atoms with E-state index in [2.05, 4.69) is 11.0 Å². The Hall–Kier alpha value is -1.22. The van der Waals surface area contributed by atoms with Gasteiger partial charge in [-0.1, -0.05) is 0 Å². The fourth-order valence-corrected chi connectivity index (χ4v) is 4.30. The van der Waals surface area contributed by atoms with E-state index in [0.717, 1.165) is 19.3 Å². The van der Waals surface area contributed by atoms with Crippen LogP contribution in [0.25, 0.3) is 0 Å². The normalized spacial score (nSPS) is 54.1. The van der Waals surface area contributed by atoms with Gasteiger partial charge in [-0.25, -0.2) is 9.59 Å². The van der Waals surface area contributed by atoms with Crippen molar-refractivity contribution in [1.29, 1.82) is 0 Å². The Bertz CT molecular complexity index is 430. The van der Waals surface area contributed by atoms with Crippen LogP contribution in [-0.4, -0.2) is 33.6 Å². The van der Waals surface area contributed by atoms with Crippen LogP contribution in [-0.2, 0) is 19.3 Å². The van der Waals surface area contributed by atoms with Crippen LogP contribution in [0.4, 0.5) is 0 Å². The second-order valence-electron chi connectivity index (χ2n) is 5.87. The molecule has 4 rings (SSSR count). The first-order valence-corrected chi connectivity index (χ1v) is 6.38. The van der Waals surface area contributed by atoms with Gasteiger partial charge in [-0.3, -0.25) is 9.68 Å². The van der Waals surface area contributed by atoms with Gasteiger partial charge in [0.1, 0.15) is 0 Å². The van der Waals surface area contributed by atoms with E-state index in [1.165, 1.54) is 0 Å². The van der Waals surface area contributed by atoms with E-state index < -0.39 is 23.4 Å². The first-order valence-electron chi connectivity index (χ1n) is 6.38. The number of carboxylic acid groups (broad SMARTS) is 2. The molecule has 2 saturated heterocycles. The minimum Gasteiger partial charge on any atom is -0.478 e. The Kier molecular flexibility index (Phi) is 1.99. The third-order valence-corrected chi connectivity index (χ3v) is 5.13. The van der Waals surface area contributed by atoms with Crippen LogP contribution in [0.5, 0.6) is 0 Å². The summed E-state index contributed by atoms with van der Waals surface area (Å²) >= 11 is 0. The number of hydroxylamine groups is 2. The molecule has 0 aromatic carbocycles. The molecule has 4 aliphatic rings. The molecule has 0 radical (unpaired) electrons. The smallest absolute Gasteiger partial charge is 0.355 e. The molecule has 4 fully saturated rings. The SMILES string of the molecule is O=C(O)C1(C2C3CCC(C3)C2C2(C(=O)O)NO2)NO1. The van der Waals surface area contributed by atoms with E-state index in [4.69, 9.17) is 9.68 Å². The summed E-state index contributed by atoms with van der Waals surface area (Å²) in [5, 5.41) is 18.7. The molecule has 2 bridgehead atoms. The van der Waals surface area contributed by atoms with Crippen LogP contribution >= 0.6 is 0 Å². The Morgan fingerprint density at radius 3 is 1.58 bits per heavy atom. The van der Waals surface area contributed by atoms with Crippen molar-refractivity contribution in [1.82, 2.24) is 11.0 Å². The summed E-state index contributed by atoms with van der Waals surface area (Å²) in [6.07, 6.45) is 2.68. The molecule has 2 aliphatic carbocycles. The molecule has 4 N–H and O–H groups in total. The zero-order valence-corrected chi connectivity index (χ0v) is 9.96. The Labute approximate surface area is 108 Å². The van der Waals surface area contributed by atoms with Crippen molar-refractivity contribution in [3.8, 4) is 0 Å². The summed E-state index contributed by atoms with van der Waals surface area (Å²) < 4.78 is 0. The molecule has 0 aromatic heterocycles. The van der Waals surface area contributed by atoms with Crippen molar-refractivity contribution in [2.45, 2.75) is 30.7 Å². The number of hydrogen-bond donors (Lipinski definition) is 4. The molecule has 104 valence electrons. The summed E-state index contributed by atoms with van der Waals surface area (Å²) in [6, 6.07) is 0. The lowest BCUT2D eigenvalue weighted by atomic mass is 9.70. The molecule has 0 amide bonds. The van der Waals surface area contributed by atoms with E-state index in [9.17, 15) is 19.8 Å². The predicted molar refractivity (Wildman–Crippen MR) is 57.0 cm³/mol. The van der Waals surface area contributed by atoms with Gasteiger partial charge in [-0.05, 0) is 31.1 Å². The number of fused-ring (bicyclic) bond motifs is 2. The van der Waals surface area contributed by atoms with E-state index in [1.807, 2.05) is 0 Å². The highest BCUT2D eigenvalue weighted by Crippen LogP contribution is 2.62. The van der Waals surface area contributed by atoms with Gasteiger partial charge >= 0.3 is 11.9 Å². The molecule has 6 unspecified atom stereocenters. The highest BCUT2D eigenvalue weighted by Gasteiger charge is 2.76. The van der Waals surface area contributed by atoms with Crippen LogP contribution in [0, 0.1) is 23.7 Å². The van der Waals surface area contributed by atoms with Crippen LogP contribution in [0.2, 0.25) is 0 Å². The third-order valence-electron chi connectivity index (χ3n) is 5.13. The molecule has 2 saturated carbocycles. The topological polar surface area (TPSA) is 144 Å². The minimum atomic E-state index is -1.43. The lowest BCUT2D eigenvalue weighted by Crippen LogP contribution is -2.51. The van der Waals surface area contributed by atoms with Crippen molar-refractivity contribution in [3.05, 3.63) is 0 Å². The highest BCUT2D eigenvalue weighted by atomic mass is 16.8. The first-order chi connectivity index (χ1) is 9.01. The van der Waals surface area contributed by atoms with Gasteiger partial charge in [-0.15, -0.1) is 0 Å². The van der Waals surface area contributed by atoms with Crippen molar-refractivity contribution in [2.24, 2.45) is 23.7 Å². The Morgan fingerprint density at radius 1 is 0.947 bits per heavy atom. The maximum atomic E-state index is 11.4. The van der Waals surface area contributed by atoms with Gasteiger partial charge in [0, 0.05) is 11.8 Å². The molecular weight excluding hydrogens is 256 g/mol. The van der Waals surface area contributed by atoms with Gasteiger partial charge < -0.3 is 10.2 Å². The van der Waals surface area contributed by atoms with Crippen LogP contribution in [0.3, 0.4) is 0 Å². The van der Waals surface area contributed by atoms with E-state index in [-0.39, 0.29) is 23.7 Å². The van der Waals surface area contributed by atoms with E-state index in [0.29, 0.717) is 0 Å². The summed E-state index contributed by atoms with van der Waals surface area (Å²) in [4.78, 5) is 32.8. The molecule has 8 nitrogen and oxygen atoms in total. The molecule has 6 atom stereocenters. The average molecular weight is 270 g/mol.